The maximum Gasteiger partial charge on any atom is 0.253 e. The summed E-state index contributed by atoms with van der Waals surface area (Å²) < 4.78 is 5.46. The average molecular weight is 277 g/mol. The van der Waals surface area contributed by atoms with Gasteiger partial charge in [0.2, 0.25) is 0 Å². The van der Waals surface area contributed by atoms with Crippen molar-refractivity contribution in [2.45, 2.75) is 26.2 Å². The minimum atomic E-state index is -0.000580. The quantitative estimate of drug-likeness (QED) is 0.910. The van der Waals surface area contributed by atoms with E-state index in [0.717, 1.165) is 44.7 Å². The summed E-state index contributed by atoms with van der Waals surface area (Å²) in [5, 5.41) is 0. The molecule has 1 unspecified atom stereocenters. The second-order valence-electron chi connectivity index (χ2n) is 5.39. The predicted octanol–water partition coefficient (Wildman–Crippen LogP) is 1.72. The zero-order chi connectivity index (χ0) is 14.5. The van der Waals surface area contributed by atoms with E-state index in [4.69, 9.17) is 10.5 Å². The van der Waals surface area contributed by atoms with Gasteiger partial charge in [-0.05, 0) is 37.3 Å². The number of carbonyl (C=O) groups is 1. The van der Waals surface area contributed by atoms with Crippen molar-refractivity contribution in [2.75, 3.05) is 32.5 Å². The van der Waals surface area contributed by atoms with Crippen LogP contribution in [0.5, 0.6) is 0 Å². The first-order chi connectivity index (χ1) is 9.60. The number of aromatic nitrogens is 1. The molecule has 5 heteroatoms. The van der Waals surface area contributed by atoms with E-state index in [2.05, 4.69) is 4.98 Å². The first-order valence-corrected chi connectivity index (χ1v) is 7.19. The number of pyridine rings is 1. The summed E-state index contributed by atoms with van der Waals surface area (Å²) in [7, 11) is 1.83. The molecule has 1 fully saturated rings. The molecular formula is C15H23N3O2. The Morgan fingerprint density at radius 2 is 2.35 bits per heavy atom. The summed E-state index contributed by atoms with van der Waals surface area (Å²) in [5.74, 6) is 0.837. The van der Waals surface area contributed by atoms with Crippen LogP contribution in [0.4, 0.5) is 5.82 Å². The number of carbonyl (C=O) groups excluding carboxylic acids is 1. The fourth-order valence-electron chi connectivity index (χ4n) is 2.56. The molecular weight excluding hydrogens is 254 g/mol. The van der Waals surface area contributed by atoms with Crippen molar-refractivity contribution in [2.24, 2.45) is 5.92 Å². The molecule has 0 aromatic carbocycles. The highest BCUT2D eigenvalue weighted by Crippen LogP contribution is 2.16. The van der Waals surface area contributed by atoms with Crippen LogP contribution in [0.2, 0.25) is 0 Å². The Balaban J connectivity index is 2.03. The molecule has 110 valence electrons. The van der Waals surface area contributed by atoms with Crippen LogP contribution in [0, 0.1) is 5.92 Å². The van der Waals surface area contributed by atoms with Crippen LogP contribution < -0.4 is 5.73 Å². The van der Waals surface area contributed by atoms with Crippen molar-refractivity contribution < 1.29 is 9.53 Å². The molecule has 0 saturated carbocycles. The molecule has 1 aromatic rings. The van der Waals surface area contributed by atoms with E-state index >= 15 is 0 Å². The maximum atomic E-state index is 12.4. The molecule has 0 radical (unpaired) electrons. The summed E-state index contributed by atoms with van der Waals surface area (Å²) in [4.78, 5) is 18.4. The Kier molecular flexibility index (Phi) is 4.95. The van der Waals surface area contributed by atoms with Gasteiger partial charge in [0.05, 0.1) is 6.61 Å². The van der Waals surface area contributed by atoms with Crippen LogP contribution in [0.25, 0.3) is 0 Å². The third-order valence-electron chi connectivity index (χ3n) is 3.64. The highest BCUT2D eigenvalue weighted by molar-refractivity contribution is 5.94. The monoisotopic (exact) mass is 277 g/mol. The molecule has 1 aliphatic heterocycles. The lowest BCUT2D eigenvalue weighted by Gasteiger charge is -2.27. The highest BCUT2D eigenvalue weighted by Gasteiger charge is 2.20. The summed E-state index contributed by atoms with van der Waals surface area (Å²) in [5.41, 5.74) is 7.22. The molecule has 2 N–H and O–H groups in total. The smallest absolute Gasteiger partial charge is 0.253 e. The van der Waals surface area contributed by atoms with Crippen molar-refractivity contribution in [3.63, 3.8) is 0 Å². The number of rotatable bonds is 4. The van der Waals surface area contributed by atoms with Crippen LogP contribution in [0.1, 0.15) is 35.8 Å². The molecule has 2 heterocycles. The summed E-state index contributed by atoms with van der Waals surface area (Å²) in [6.45, 7) is 4.31. The second kappa shape index (κ2) is 6.70. The lowest BCUT2D eigenvalue weighted by atomic mass is 10.0. The van der Waals surface area contributed by atoms with E-state index in [-0.39, 0.29) is 5.91 Å². The highest BCUT2D eigenvalue weighted by atomic mass is 16.5. The van der Waals surface area contributed by atoms with Gasteiger partial charge >= 0.3 is 0 Å². The van der Waals surface area contributed by atoms with Crippen LogP contribution in [0.15, 0.2) is 12.1 Å². The number of amides is 1. The minimum Gasteiger partial charge on any atom is -0.384 e. The number of nitrogen functional groups attached to an aromatic ring is 1. The molecule has 5 nitrogen and oxygen atoms in total. The van der Waals surface area contributed by atoms with E-state index in [0.29, 0.717) is 17.3 Å². The number of ether oxygens (including phenoxy) is 1. The fraction of sp³-hybridized carbons (Fsp3) is 0.600. The molecule has 1 aromatic heterocycles. The molecule has 0 spiro atoms. The number of aryl methyl sites for hydroxylation is 1. The van der Waals surface area contributed by atoms with E-state index in [9.17, 15) is 4.79 Å². The molecule has 2 rings (SSSR count). The Morgan fingerprint density at radius 3 is 3.00 bits per heavy atom. The van der Waals surface area contributed by atoms with Gasteiger partial charge < -0.3 is 15.4 Å². The van der Waals surface area contributed by atoms with Crippen LogP contribution in [-0.4, -0.2) is 42.6 Å². The molecule has 1 amide bonds. The van der Waals surface area contributed by atoms with E-state index in [1.165, 1.54) is 0 Å². The van der Waals surface area contributed by atoms with Crippen molar-refractivity contribution in [3.05, 3.63) is 23.4 Å². The van der Waals surface area contributed by atoms with E-state index in [1.54, 1.807) is 11.0 Å². The third-order valence-corrected chi connectivity index (χ3v) is 3.64. The van der Waals surface area contributed by atoms with Gasteiger partial charge in [-0.2, -0.15) is 0 Å². The number of hydrogen-bond acceptors (Lipinski definition) is 4. The van der Waals surface area contributed by atoms with Gasteiger partial charge in [0.25, 0.3) is 5.91 Å². The van der Waals surface area contributed by atoms with Crippen LogP contribution in [-0.2, 0) is 11.2 Å². The first-order valence-electron chi connectivity index (χ1n) is 7.19. The summed E-state index contributed by atoms with van der Waals surface area (Å²) in [6.07, 6.45) is 2.97. The van der Waals surface area contributed by atoms with Crippen molar-refractivity contribution in [3.8, 4) is 0 Å². The lowest BCUT2D eigenvalue weighted by Crippen LogP contribution is -2.35. The van der Waals surface area contributed by atoms with E-state index in [1.807, 2.05) is 20.0 Å². The Morgan fingerprint density at radius 1 is 1.55 bits per heavy atom. The molecule has 20 heavy (non-hydrogen) atoms. The van der Waals surface area contributed by atoms with Crippen molar-refractivity contribution in [1.82, 2.24) is 9.88 Å². The number of nitrogens with two attached hydrogens (primary N) is 1. The van der Waals surface area contributed by atoms with Gasteiger partial charge in [0.15, 0.2) is 0 Å². The van der Waals surface area contributed by atoms with Crippen molar-refractivity contribution >= 4 is 11.7 Å². The largest absolute Gasteiger partial charge is 0.384 e. The molecule has 1 saturated heterocycles. The summed E-state index contributed by atoms with van der Waals surface area (Å²) in [6, 6.07) is 3.47. The van der Waals surface area contributed by atoms with Gasteiger partial charge in [-0.15, -0.1) is 0 Å². The number of nitrogens with zero attached hydrogens (tertiary/aromatic N) is 2. The topological polar surface area (TPSA) is 68.5 Å². The predicted molar refractivity (Wildman–Crippen MR) is 78.5 cm³/mol. The first kappa shape index (κ1) is 14.8. The van der Waals surface area contributed by atoms with Gasteiger partial charge in [0, 0.05) is 31.5 Å². The molecule has 1 aliphatic rings. The summed E-state index contributed by atoms with van der Waals surface area (Å²) >= 11 is 0. The van der Waals surface area contributed by atoms with Gasteiger partial charge in [-0.25, -0.2) is 4.98 Å². The minimum absolute atomic E-state index is 0.000580. The SMILES string of the molecule is CCc1cc(C(=O)N(C)CC2CCCOC2)cc(N)n1. The standard InChI is InChI=1S/C15H23N3O2/c1-3-13-7-12(8-14(16)17-13)15(19)18(2)9-11-5-4-6-20-10-11/h7-8,11H,3-6,9-10H2,1-2H3,(H2,16,17). The third kappa shape index (κ3) is 3.70. The molecule has 1 atom stereocenters. The number of anilines is 1. The van der Waals surface area contributed by atoms with Gasteiger partial charge in [-0.1, -0.05) is 6.92 Å². The molecule has 0 aliphatic carbocycles. The zero-order valence-corrected chi connectivity index (χ0v) is 12.3. The number of hydrogen-bond donors (Lipinski definition) is 1. The van der Waals surface area contributed by atoms with Crippen molar-refractivity contribution in [1.29, 1.82) is 0 Å². The van der Waals surface area contributed by atoms with Gasteiger partial charge in [0.1, 0.15) is 5.82 Å². The Hall–Kier alpha value is -1.62. The zero-order valence-electron chi connectivity index (χ0n) is 12.3. The normalized spacial score (nSPS) is 18.8. The second-order valence-corrected chi connectivity index (χ2v) is 5.39. The molecule has 0 bridgehead atoms. The Labute approximate surface area is 120 Å². The van der Waals surface area contributed by atoms with Gasteiger partial charge in [-0.3, -0.25) is 4.79 Å². The fourth-order valence-corrected chi connectivity index (χ4v) is 2.56. The maximum absolute atomic E-state index is 12.4. The van der Waals surface area contributed by atoms with E-state index < -0.39 is 0 Å². The van der Waals surface area contributed by atoms with Crippen LogP contribution >= 0.6 is 0 Å². The van der Waals surface area contributed by atoms with Crippen LogP contribution in [0.3, 0.4) is 0 Å². The average Bonchev–Trinajstić information content (AvgIpc) is 2.46. The Bertz CT molecular complexity index is 470. The lowest BCUT2D eigenvalue weighted by molar-refractivity contribution is 0.0388.